The Morgan fingerprint density at radius 1 is 0.781 bits per heavy atom. The number of azide groups is 2. The fourth-order valence-electron chi connectivity index (χ4n) is 2.85. The van der Waals surface area contributed by atoms with Crippen LogP contribution in [0.2, 0.25) is 0 Å². The molecular weight excluding hydrogens is 424 g/mol. The van der Waals surface area contributed by atoms with Gasteiger partial charge in [-0.15, -0.1) is 0 Å². The summed E-state index contributed by atoms with van der Waals surface area (Å²) in [5, 5.41) is 25.9. The molecule has 2 fully saturated rings. The molecule has 0 spiro atoms. The summed E-state index contributed by atoms with van der Waals surface area (Å²) in [5.41, 5.74) is 15.4. The van der Waals surface area contributed by atoms with E-state index in [4.69, 9.17) is 20.5 Å². The summed E-state index contributed by atoms with van der Waals surface area (Å²) in [4.78, 5) is 31.2. The lowest BCUT2D eigenvalue weighted by molar-refractivity contribution is 0.0261. The molecule has 0 aromatic carbocycles. The van der Waals surface area contributed by atoms with Crippen LogP contribution in [0.5, 0.6) is 0 Å². The van der Waals surface area contributed by atoms with Crippen LogP contribution in [0.25, 0.3) is 20.9 Å². The van der Waals surface area contributed by atoms with E-state index < -0.39 is 47.7 Å². The second-order valence-corrected chi connectivity index (χ2v) is 9.45. The van der Waals surface area contributed by atoms with Crippen molar-refractivity contribution in [1.82, 2.24) is 9.80 Å². The van der Waals surface area contributed by atoms with Crippen molar-refractivity contribution in [1.29, 1.82) is 0 Å². The fourth-order valence-corrected chi connectivity index (χ4v) is 2.85. The molecule has 4 atom stereocenters. The van der Waals surface area contributed by atoms with Gasteiger partial charge in [-0.1, -0.05) is 10.2 Å². The van der Waals surface area contributed by atoms with E-state index in [1.165, 1.54) is 9.80 Å². The molecule has 0 aromatic rings. The molecule has 2 heterocycles. The van der Waals surface area contributed by atoms with Gasteiger partial charge in [-0.3, -0.25) is 0 Å². The maximum Gasteiger partial charge on any atom is 0.410 e. The van der Waals surface area contributed by atoms with E-state index in [0.717, 1.165) is 0 Å². The number of carbonyl (C=O) groups excluding carboxylic acids is 2. The summed E-state index contributed by atoms with van der Waals surface area (Å²) in [7, 11) is 0. The van der Waals surface area contributed by atoms with Gasteiger partial charge in [0.25, 0.3) is 0 Å². The number of carbonyl (C=O) groups is 2. The van der Waals surface area contributed by atoms with Gasteiger partial charge in [0.2, 0.25) is 0 Å². The Morgan fingerprint density at radius 2 is 1.09 bits per heavy atom. The number of hydrogen-bond acceptors (Lipinski definition) is 8. The molecule has 0 bridgehead atoms. The molecular formula is C18H32N8O6. The lowest BCUT2D eigenvalue weighted by Crippen LogP contribution is -2.36. The minimum Gasteiger partial charge on any atom is -0.444 e. The topological polar surface area (TPSA) is 197 Å². The molecule has 2 rings (SSSR count). The molecule has 2 aliphatic heterocycles. The van der Waals surface area contributed by atoms with Gasteiger partial charge in [0.05, 0.1) is 37.4 Å². The maximum absolute atomic E-state index is 11.6. The molecule has 2 amide bonds. The van der Waals surface area contributed by atoms with Gasteiger partial charge in [-0.05, 0) is 52.6 Å². The molecule has 2 saturated heterocycles. The van der Waals surface area contributed by atoms with E-state index in [2.05, 4.69) is 20.1 Å². The molecule has 14 nitrogen and oxygen atoms in total. The number of likely N-dealkylation sites (tertiary alicyclic amines) is 2. The molecule has 0 unspecified atom stereocenters. The highest BCUT2D eigenvalue weighted by atomic mass is 16.6. The summed E-state index contributed by atoms with van der Waals surface area (Å²) in [6, 6.07) is -1.17. The Bertz CT molecular complexity index is 702. The van der Waals surface area contributed by atoms with Crippen LogP contribution in [0.3, 0.4) is 0 Å². The zero-order valence-corrected chi connectivity index (χ0v) is 19.2. The predicted molar refractivity (Wildman–Crippen MR) is 113 cm³/mol. The number of β-amino-alcohol motifs (C(OH)–C–C–N with tert-alkyl or cyclic N) is 2. The zero-order chi connectivity index (χ0) is 24.7. The first-order valence-corrected chi connectivity index (χ1v) is 10.1. The molecule has 180 valence electrons. The Labute approximate surface area is 186 Å². The van der Waals surface area contributed by atoms with Crippen LogP contribution in [0, 0.1) is 0 Å². The van der Waals surface area contributed by atoms with Crippen LogP contribution < -0.4 is 0 Å². The van der Waals surface area contributed by atoms with Gasteiger partial charge >= 0.3 is 12.2 Å². The number of rotatable bonds is 2. The summed E-state index contributed by atoms with van der Waals surface area (Å²) >= 11 is 0. The second kappa shape index (κ2) is 11.1. The van der Waals surface area contributed by atoms with Crippen molar-refractivity contribution < 1.29 is 29.3 Å². The van der Waals surface area contributed by atoms with Crippen LogP contribution >= 0.6 is 0 Å². The average molecular weight is 457 g/mol. The largest absolute Gasteiger partial charge is 0.444 e. The first kappa shape index (κ1) is 27.1. The zero-order valence-electron chi connectivity index (χ0n) is 19.2. The Kier molecular flexibility index (Phi) is 9.40. The third-order valence-corrected chi connectivity index (χ3v) is 4.22. The molecule has 0 saturated carbocycles. The fraction of sp³-hybridized carbons (Fsp3) is 0.889. The van der Waals surface area contributed by atoms with Crippen molar-refractivity contribution in [2.75, 3.05) is 26.2 Å². The summed E-state index contributed by atoms with van der Waals surface area (Å²) in [6.45, 7) is 11.3. The highest BCUT2D eigenvalue weighted by Crippen LogP contribution is 2.19. The Balaban J connectivity index is 0.000000320. The standard InChI is InChI=1S/2C9H16N4O3/c2*1-9(2,3)16-8(15)13-4-6(11-12-10)7(14)5-13/h2*6-7,14H,4-5H2,1-3H3/t2*6-,7+/m10/s1. The van der Waals surface area contributed by atoms with Gasteiger partial charge < -0.3 is 29.5 Å². The van der Waals surface area contributed by atoms with E-state index >= 15 is 0 Å². The lowest BCUT2D eigenvalue weighted by Gasteiger charge is -2.24. The SMILES string of the molecule is CC(C)(C)OC(=O)N1C[C@@H](O)[C@@H](N=[N+]=[N-])C1.CC(C)(C)OC(=O)N1C[C@H](O)[C@H](N=[N+]=[N-])C1. The number of nitrogens with zero attached hydrogens (tertiary/aromatic N) is 8. The van der Waals surface area contributed by atoms with Crippen molar-refractivity contribution in [3.8, 4) is 0 Å². The molecule has 14 heteroatoms. The third kappa shape index (κ3) is 9.06. The molecule has 0 aliphatic carbocycles. The predicted octanol–water partition coefficient (Wildman–Crippen LogP) is 2.55. The highest BCUT2D eigenvalue weighted by Gasteiger charge is 2.36. The molecule has 0 aromatic heterocycles. The van der Waals surface area contributed by atoms with Crippen molar-refractivity contribution in [3.63, 3.8) is 0 Å². The number of ether oxygens (including phenoxy) is 2. The van der Waals surface area contributed by atoms with Gasteiger partial charge in [-0.25, -0.2) is 9.59 Å². The number of aliphatic hydroxyl groups is 2. The smallest absolute Gasteiger partial charge is 0.410 e. The van der Waals surface area contributed by atoms with Crippen molar-refractivity contribution in [3.05, 3.63) is 20.9 Å². The minimum atomic E-state index is -0.816. The van der Waals surface area contributed by atoms with E-state index in [-0.39, 0.29) is 26.2 Å². The van der Waals surface area contributed by atoms with Crippen LogP contribution in [0.15, 0.2) is 10.2 Å². The van der Waals surface area contributed by atoms with Crippen LogP contribution in [0.1, 0.15) is 41.5 Å². The van der Waals surface area contributed by atoms with Gasteiger partial charge in [-0.2, -0.15) is 0 Å². The van der Waals surface area contributed by atoms with Crippen LogP contribution in [-0.4, -0.2) is 93.9 Å². The van der Waals surface area contributed by atoms with E-state index in [1.54, 1.807) is 41.5 Å². The second-order valence-electron chi connectivity index (χ2n) is 9.45. The first-order valence-electron chi connectivity index (χ1n) is 10.1. The number of amides is 2. The highest BCUT2D eigenvalue weighted by molar-refractivity contribution is 5.69. The summed E-state index contributed by atoms with van der Waals surface area (Å²) in [5.74, 6) is 0. The van der Waals surface area contributed by atoms with Gasteiger partial charge in [0, 0.05) is 22.9 Å². The molecule has 2 aliphatic rings. The maximum atomic E-state index is 11.6. The number of hydrogen-bond donors (Lipinski definition) is 2. The summed E-state index contributed by atoms with van der Waals surface area (Å²) in [6.07, 6.45) is -2.63. The first-order chi connectivity index (χ1) is 14.7. The van der Waals surface area contributed by atoms with Crippen LogP contribution in [0.4, 0.5) is 9.59 Å². The van der Waals surface area contributed by atoms with E-state index in [9.17, 15) is 19.8 Å². The van der Waals surface area contributed by atoms with Crippen molar-refractivity contribution >= 4 is 12.2 Å². The van der Waals surface area contributed by atoms with E-state index in [0.29, 0.717) is 0 Å². The third-order valence-electron chi connectivity index (χ3n) is 4.22. The molecule has 32 heavy (non-hydrogen) atoms. The minimum absolute atomic E-state index is 0.137. The van der Waals surface area contributed by atoms with Gasteiger partial charge in [0.1, 0.15) is 11.2 Å². The molecule has 0 radical (unpaired) electrons. The Morgan fingerprint density at radius 3 is 1.34 bits per heavy atom. The summed E-state index contributed by atoms with van der Waals surface area (Å²) < 4.78 is 10.3. The van der Waals surface area contributed by atoms with Gasteiger partial charge in [0.15, 0.2) is 0 Å². The average Bonchev–Trinajstić information content (AvgIpc) is 3.17. The van der Waals surface area contributed by atoms with Crippen LogP contribution in [-0.2, 0) is 9.47 Å². The van der Waals surface area contributed by atoms with E-state index in [1.807, 2.05) is 0 Å². The molecule has 2 N–H and O–H groups in total. The number of aliphatic hydroxyl groups excluding tert-OH is 2. The van der Waals surface area contributed by atoms with Crippen molar-refractivity contribution in [2.45, 2.75) is 77.0 Å². The van der Waals surface area contributed by atoms with Crippen molar-refractivity contribution in [2.24, 2.45) is 10.2 Å². The quantitative estimate of drug-likeness (QED) is 0.363. The monoisotopic (exact) mass is 456 g/mol. The Hall–Kier alpha value is -2.92. The lowest BCUT2D eigenvalue weighted by atomic mass is 10.2. The normalized spacial score (nSPS) is 25.1.